The van der Waals surface area contributed by atoms with Crippen LogP contribution >= 0.6 is 0 Å². The van der Waals surface area contributed by atoms with Gasteiger partial charge in [-0.25, -0.2) is 0 Å². The van der Waals surface area contributed by atoms with Crippen molar-refractivity contribution in [2.24, 2.45) is 47.3 Å². The van der Waals surface area contributed by atoms with Crippen molar-refractivity contribution >= 4 is 0 Å². The second-order valence-electron chi connectivity index (χ2n) is 35.2. The second-order valence-corrected chi connectivity index (χ2v) is 35.2. The largest absolute Gasteiger partial charge is 0.507 e. The van der Waals surface area contributed by atoms with E-state index in [1.807, 2.05) is 121 Å². The van der Waals surface area contributed by atoms with E-state index in [2.05, 4.69) is 158 Å². The fourth-order valence-electron chi connectivity index (χ4n) is 23.7. The third-order valence-electron chi connectivity index (χ3n) is 29.3. The van der Waals surface area contributed by atoms with Crippen LogP contribution in [-0.4, -0.2) is 30.6 Å². The van der Waals surface area contributed by atoms with E-state index in [0.717, 1.165) is 212 Å². The van der Waals surface area contributed by atoms with Gasteiger partial charge in [0.25, 0.3) is 0 Å². The van der Waals surface area contributed by atoms with Gasteiger partial charge < -0.3 is 30.6 Å². The molecule has 8 fully saturated rings. The van der Waals surface area contributed by atoms with Gasteiger partial charge in [0, 0.05) is 33.4 Å². The van der Waals surface area contributed by atoms with Crippen LogP contribution in [0.5, 0.6) is 34.5 Å². The van der Waals surface area contributed by atoms with Gasteiger partial charge >= 0.3 is 0 Å². The summed E-state index contributed by atoms with van der Waals surface area (Å²) in [5.74, 6) is 12.1. The van der Waals surface area contributed by atoms with Gasteiger partial charge in [0.05, 0.1) is 0 Å². The first-order valence-corrected chi connectivity index (χ1v) is 43.4. The van der Waals surface area contributed by atoms with Crippen LogP contribution in [0.25, 0.3) is 77.9 Å². The van der Waals surface area contributed by atoms with E-state index in [-0.39, 0.29) is 0 Å². The van der Waals surface area contributed by atoms with Crippen molar-refractivity contribution in [3.63, 3.8) is 0 Å². The molecule has 6 heteroatoms. The minimum atomic E-state index is 0.342. The minimum Gasteiger partial charge on any atom is -0.507 e. The molecule has 0 saturated heterocycles. The summed E-state index contributed by atoms with van der Waals surface area (Å²) in [6, 6.07) is 95.2. The van der Waals surface area contributed by atoms with Crippen LogP contribution in [0, 0.1) is 47.3 Å². The van der Waals surface area contributed by atoms with Gasteiger partial charge in [-0.15, -0.1) is 0 Å². The SMILES string of the molecule is Oc1c(-c2ccccc2)cc(-c2cc(-c3ccccc3)c(O)c(C3CCC4C5CCC(C5)C4C3)c2)cc1C1CCC2C3CCC(C3)C2C1.Oc1c(-c2ccccc2)cccc1C1CCC(c2cccc(-c3ccccc3)c2O)CC1.Oc1c(-c2ccccc2)cccc1C1CCCC(c2cccc(-c3ccccc3)c2O)CCC1. The normalized spacial score (nSPS) is 25.3. The molecule has 0 aromatic heterocycles. The van der Waals surface area contributed by atoms with Gasteiger partial charge in [0.15, 0.2) is 0 Å². The molecule has 6 N–H and O–H groups in total. The number of rotatable bonds is 13. The highest BCUT2D eigenvalue weighted by molar-refractivity contribution is 5.85. The number of hydrogen-bond acceptors (Lipinski definition) is 6. The Morgan fingerprint density at radius 3 is 0.684 bits per heavy atom. The Hall–Kier alpha value is -10.6. The zero-order valence-electron chi connectivity index (χ0n) is 65.9. The lowest BCUT2D eigenvalue weighted by atomic mass is 9.65. The van der Waals surface area contributed by atoms with Crippen molar-refractivity contribution in [3.05, 3.63) is 312 Å². The summed E-state index contributed by atoms with van der Waals surface area (Å²) >= 11 is 0. The van der Waals surface area contributed by atoms with Crippen molar-refractivity contribution < 1.29 is 30.6 Å². The van der Waals surface area contributed by atoms with Gasteiger partial charge in [0.1, 0.15) is 34.5 Å². The Balaban J connectivity index is 0.000000123. The summed E-state index contributed by atoms with van der Waals surface area (Å²) in [5, 5.41) is 68.5. The zero-order chi connectivity index (χ0) is 77.2. The Labute approximate surface area is 675 Å². The van der Waals surface area contributed by atoms with Crippen LogP contribution < -0.4 is 0 Å². The second kappa shape index (κ2) is 33.5. The van der Waals surface area contributed by atoms with Crippen molar-refractivity contribution in [1.82, 2.24) is 0 Å². The molecule has 20 rings (SSSR count). The predicted molar refractivity (Wildman–Crippen MR) is 466 cm³/mol. The average Bonchev–Trinajstić information content (AvgIpc) is 1.73. The van der Waals surface area contributed by atoms with Gasteiger partial charge in [-0.2, -0.15) is 0 Å². The topological polar surface area (TPSA) is 121 Å². The fourth-order valence-corrected chi connectivity index (χ4v) is 23.7. The van der Waals surface area contributed by atoms with E-state index in [0.29, 0.717) is 70.0 Å². The van der Waals surface area contributed by atoms with E-state index < -0.39 is 0 Å². The smallest absolute Gasteiger partial charge is 0.126 e. The van der Waals surface area contributed by atoms with Crippen LogP contribution in [-0.2, 0) is 0 Å². The molecule has 4 bridgehead atoms. The molecule has 0 radical (unpaired) electrons. The summed E-state index contributed by atoms with van der Waals surface area (Å²) in [6.45, 7) is 0. The number of fused-ring (bicyclic) bond motifs is 10. The summed E-state index contributed by atoms with van der Waals surface area (Å²) < 4.78 is 0. The lowest BCUT2D eigenvalue weighted by Crippen LogP contribution is -2.29. The molecule has 8 aliphatic carbocycles. The molecule has 8 aliphatic rings. The molecule has 10 unspecified atom stereocenters. The van der Waals surface area contributed by atoms with Gasteiger partial charge in [-0.1, -0.05) is 268 Å². The number of phenols is 6. The third-order valence-corrected chi connectivity index (χ3v) is 29.3. The molecular formula is C108H110O6. The van der Waals surface area contributed by atoms with Gasteiger partial charge in [-0.05, 0) is 313 Å². The number of phenolic OH excluding ortho intramolecular Hbond substituents is 6. The Morgan fingerprint density at radius 2 is 0.404 bits per heavy atom. The Bertz CT molecular complexity index is 4950. The molecule has 10 atom stereocenters. The van der Waals surface area contributed by atoms with E-state index in [1.165, 1.54) is 88.2 Å². The molecule has 0 amide bonds. The van der Waals surface area contributed by atoms with E-state index in [4.69, 9.17) is 0 Å². The van der Waals surface area contributed by atoms with Crippen LogP contribution in [0.4, 0.5) is 0 Å². The quantitative estimate of drug-likeness (QED) is 0.0684. The summed E-state index contributed by atoms with van der Waals surface area (Å²) in [7, 11) is 0. The van der Waals surface area contributed by atoms with Gasteiger partial charge in [0.2, 0.25) is 0 Å². The molecule has 114 heavy (non-hydrogen) atoms. The highest BCUT2D eigenvalue weighted by Gasteiger charge is 2.51. The molecular weight excluding hydrogens is 1390 g/mol. The van der Waals surface area contributed by atoms with Crippen molar-refractivity contribution in [2.75, 3.05) is 0 Å². The average molecular weight is 1500 g/mol. The molecule has 0 heterocycles. The van der Waals surface area contributed by atoms with E-state index >= 15 is 0 Å². The first kappa shape index (κ1) is 74.8. The van der Waals surface area contributed by atoms with Crippen LogP contribution in [0.1, 0.15) is 210 Å². The van der Waals surface area contributed by atoms with Crippen molar-refractivity contribution in [1.29, 1.82) is 0 Å². The van der Waals surface area contributed by atoms with Gasteiger partial charge in [-0.3, -0.25) is 0 Å². The summed E-state index contributed by atoms with van der Waals surface area (Å²) in [4.78, 5) is 0. The van der Waals surface area contributed by atoms with E-state index in [1.54, 1.807) is 0 Å². The molecule has 0 aliphatic heterocycles. The highest BCUT2D eigenvalue weighted by atomic mass is 16.3. The number of para-hydroxylation sites is 4. The molecule has 0 spiro atoms. The standard InChI is InChI=1S/C46H50O2.C32H32O2.C30H28O2/c47-45-41(27-7-3-1-4-8-27)23-35(25-43(45)33-15-17-37-29-11-13-31(19-29)39(37)21-33)36-24-42(28-9-5-2-6-10-28)46(48)44(26-36)34-16-18-38-30-12-14-32(20-30)40(38)22-34;33-31-27(23-11-3-1-4-12-23)19-9-21-29(31)25-15-7-17-26(18-8-16-25)30-22-10-20-28(32(30)34)24-13-5-2-6-14-24;31-29-25(21-9-3-1-4-10-21)13-7-15-27(29)23-17-19-24(20-18-23)28-16-8-14-26(30(28)32)22-11-5-2-6-12-22/h1-10,23-26,29-34,37-40,47-48H,11-22H2;1-6,9-14,19-22,25-26,33-34H,7-8,15-18H2;1-16,23-24,31-32H,17-20H2. The summed E-state index contributed by atoms with van der Waals surface area (Å²) in [5.41, 5.74) is 20.7. The predicted octanol–water partition coefficient (Wildman–Crippen LogP) is 28.5. The maximum Gasteiger partial charge on any atom is 0.126 e. The number of benzene rings is 12. The molecule has 6 nitrogen and oxygen atoms in total. The number of hydrogen-bond donors (Lipinski definition) is 6. The summed E-state index contributed by atoms with van der Waals surface area (Å²) in [6.07, 6.45) is 26.5. The number of aromatic hydroxyl groups is 6. The van der Waals surface area contributed by atoms with Crippen molar-refractivity contribution in [2.45, 2.75) is 177 Å². The van der Waals surface area contributed by atoms with Crippen molar-refractivity contribution in [3.8, 4) is 112 Å². The first-order chi connectivity index (χ1) is 56.0. The van der Waals surface area contributed by atoms with Crippen LogP contribution in [0.3, 0.4) is 0 Å². The van der Waals surface area contributed by atoms with E-state index in [9.17, 15) is 30.6 Å². The van der Waals surface area contributed by atoms with Crippen LogP contribution in [0.15, 0.2) is 279 Å². The maximum absolute atomic E-state index is 12.1. The Kier molecular flexibility index (Phi) is 22.0. The molecule has 12 aromatic carbocycles. The third kappa shape index (κ3) is 15.2. The Morgan fingerprint density at radius 1 is 0.167 bits per heavy atom. The molecule has 578 valence electrons. The monoisotopic (exact) mass is 1500 g/mol. The fraction of sp³-hybridized carbons (Fsp3) is 0.333. The zero-order valence-corrected chi connectivity index (χ0v) is 65.9. The first-order valence-electron chi connectivity index (χ1n) is 43.4. The maximum atomic E-state index is 12.1. The lowest BCUT2D eigenvalue weighted by Gasteiger charge is -2.39. The minimum absolute atomic E-state index is 0.342. The highest BCUT2D eigenvalue weighted by Crippen LogP contribution is 2.63. The lowest BCUT2D eigenvalue weighted by molar-refractivity contribution is 0.143. The van der Waals surface area contributed by atoms with Crippen LogP contribution in [0.2, 0.25) is 0 Å². The molecule has 8 saturated carbocycles. The molecule has 12 aromatic rings.